The summed E-state index contributed by atoms with van der Waals surface area (Å²) in [6, 6.07) is 41.9. The molecule has 1 aliphatic carbocycles. The van der Waals surface area contributed by atoms with Crippen molar-refractivity contribution in [3.05, 3.63) is 144 Å². The fraction of sp³-hybridized carbons (Fsp3) is 0.0556. The zero-order valence-corrected chi connectivity index (χ0v) is 22.5. The van der Waals surface area contributed by atoms with Crippen molar-refractivity contribution in [2.75, 3.05) is 0 Å². The normalized spacial score (nSPS) is 13.2. The van der Waals surface area contributed by atoms with Gasteiger partial charge in [0, 0.05) is 20.9 Å². The average molecular weight is 553 g/mol. The molecule has 0 amide bonds. The van der Waals surface area contributed by atoms with Gasteiger partial charge >= 0.3 is 0 Å². The summed E-state index contributed by atoms with van der Waals surface area (Å²) < 4.78 is 3.48. The van der Waals surface area contributed by atoms with Gasteiger partial charge in [-0.2, -0.15) is 0 Å². The number of aromatic nitrogens is 1. The van der Waals surface area contributed by atoms with Crippen LogP contribution in [0.15, 0.2) is 138 Å². The van der Waals surface area contributed by atoms with Crippen molar-refractivity contribution >= 4 is 43.3 Å². The first-order chi connectivity index (χ1) is 18.7. The van der Waals surface area contributed by atoms with E-state index in [4.69, 9.17) is 0 Å². The van der Waals surface area contributed by atoms with Crippen LogP contribution >= 0.6 is 15.9 Å². The van der Waals surface area contributed by atoms with E-state index in [1.165, 1.54) is 60.9 Å². The molecule has 0 saturated carbocycles. The summed E-state index contributed by atoms with van der Waals surface area (Å²) in [6.07, 6.45) is 9.12. The molecule has 5 aromatic carbocycles. The largest absolute Gasteiger partial charge is 0.309 e. The molecule has 0 radical (unpaired) electrons. The molecule has 0 fully saturated rings. The van der Waals surface area contributed by atoms with Gasteiger partial charge < -0.3 is 4.57 Å². The number of fused-ring (bicyclic) bond motifs is 3. The van der Waals surface area contributed by atoms with Gasteiger partial charge in [-0.1, -0.05) is 94.8 Å². The molecular weight excluding hydrogens is 526 g/mol. The zero-order valence-electron chi connectivity index (χ0n) is 20.9. The van der Waals surface area contributed by atoms with Crippen LogP contribution in [0.3, 0.4) is 0 Å². The average Bonchev–Trinajstić information content (AvgIpc) is 3.31. The number of nitrogens with zero attached hydrogens (tertiary/aromatic N) is 1. The number of benzene rings is 5. The zero-order chi connectivity index (χ0) is 25.5. The van der Waals surface area contributed by atoms with Crippen molar-refractivity contribution in [1.29, 1.82) is 0 Å². The highest BCUT2D eigenvalue weighted by Crippen LogP contribution is 2.36. The van der Waals surface area contributed by atoms with Gasteiger partial charge in [0.25, 0.3) is 0 Å². The third-order valence-corrected chi connectivity index (χ3v) is 7.93. The van der Waals surface area contributed by atoms with Crippen LogP contribution in [0.4, 0.5) is 0 Å². The Morgan fingerprint density at radius 2 is 1.26 bits per heavy atom. The molecule has 1 heterocycles. The molecule has 2 heteroatoms. The van der Waals surface area contributed by atoms with Crippen LogP contribution in [-0.4, -0.2) is 4.57 Å². The maximum absolute atomic E-state index is 3.67. The first-order valence-corrected chi connectivity index (χ1v) is 13.9. The van der Waals surface area contributed by atoms with Crippen molar-refractivity contribution in [2.45, 2.75) is 12.8 Å². The highest BCUT2D eigenvalue weighted by atomic mass is 79.9. The summed E-state index contributed by atoms with van der Waals surface area (Å²) in [7, 11) is 0. The molecule has 1 aliphatic rings. The van der Waals surface area contributed by atoms with Crippen LogP contribution < -0.4 is 0 Å². The number of hydrogen-bond acceptors (Lipinski definition) is 0. The minimum Gasteiger partial charge on any atom is -0.309 e. The lowest BCUT2D eigenvalue weighted by Crippen LogP contribution is -1.95. The molecule has 0 atom stereocenters. The molecular formula is C36H26BrN. The minimum absolute atomic E-state index is 1.09. The summed E-state index contributed by atoms with van der Waals surface area (Å²) in [5.41, 5.74) is 11.1. The van der Waals surface area contributed by atoms with E-state index in [9.17, 15) is 0 Å². The van der Waals surface area contributed by atoms with Gasteiger partial charge in [0.2, 0.25) is 0 Å². The summed E-state index contributed by atoms with van der Waals surface area (Å²) in [4.78, 5) is 0. The second kappa shape index (κ2) is 9.63. The Morgan fingerprint density at radius 3 is 2.11 bits per heavy atom. The minimum atomic E-state index is 1.09. The predicted molar refractivity (Wildman–Crippen MR) is 166 cm³/mol. The van der Waals surface area contributed by atoms with Gasteiger partial charge in [-0.3, -0.25) is 0 Å². The van der Waals surface area contributed by atoms with Gasteiger partial charge in [0.1, 0.15) is 0 Å². The van der Waals surface area contributed by atoms with E-state index < -0.39 is 0 Å². The lowest BCUT2D eigenvalue weighted by atomic mass is 9.91. The fourth-order valence-corrected chi connectivity index (χ4v) is 5.99. The molecule has 0 saturated heterocycles. The van der Waals surface area contributed by atoms with Gasteiger partial charge in [0.15, 0.2) is 0 Å². The standard InChI is InChI=1S/C36H26BrN/c37-31-18-19-36-34(24-31)33-16-7-8-17-35(33)38(36)32-15-9-14-27(23-32)30-21-28(25-10-3-1-4-11-25)20-29(22-30)26-12-5-2-6-13-26/h1,3-5,7-24H,2,6H2. The second-order valence-electron chi connectivity index (χ2n) is 9.87. The maximum Gasteiger partial charge on any atom is 0.0541 e. The molecule has 6 aromatic rings. The Hall–Kier alpha value is -4.14. The Labute approximate surface area is 231 Å². The van der Waals surface area contributed by atoms with E-state index >= 15 is 0 Å². The molecule has 38 heavy (non-hydrogen) atoms. The fourth-order valence-electron chi connectivity index (χ4n) is 5.63. The Kier molecular flexibility index (Phi) is 5.83. The lowest BCUT2D eigenvalue weighted by molar-refractivity contribution is 1.04. The third kappa shape index (κ3) is 4.12. The Morgan fingerprint density at radius 1 is 0.526 bits per heavy atom. The predicted octanol–water partition coefficient (Wildman–Crippen LogP) is 10.6. The Bertz CT molecular complexity index is 1870. The maximum atomic E-state index is 3.67. The van der Waals surface area contributed by atoms with Crippen LogP contribution in [0.2, 0.25) is 0 Å². The van der Waals surface area contributed by atoms with E-state index in [1.54, 1.807) is 0 Å². The number of halogens is 1. The Balaban J connectivity index is 1.42. The van der Waals surface area contributed by atoms with Gasteiger partial charge in [-0.15, -0.1) is 0 Å². The monoisotopic (exact) mass is 551 g/mol. The quantitative estimate of drug-likeness (QED) is 0.205. The molecule has 182 valence electrons. The molecule has 7 rings (SSSR count). The molecule has 0 spiro atoms. The third-order valence-electron chi connectivity index (χ3n) is 7.44. The van der Waals surface area contributed by atoms with Crippen molar-refractivity contribution < 1.29 is 0 Å². The molecule has 1 aromatic heterocycles. The van der Waals surface area contributed by atoms with Crippen molar-refractivity contribution in [1.82, 2.24) is 4.57 Å². The van der Waals surface area contributed by atoms with E-state index in [1.807, 2.05) is 0 Å². The molecule has 0 N–H and O–H groups in total. The van der Waals surface area contributed by atoms with Crippen LogP contribution in [-0.2, 0) is 0 Å². The molecule has 1 nitrogen and oxygen atoms in total. The topological polar surface area (TPSA) is 4.93 Å². The summed E-state index contributed by atoms with van der Waals surface area (Å²) in [6.45, 7) is 0. The second-order valence-corrected chi connectivity index (χ2v) is 10.8. The van der Waals surface area contributed by atoms with Crippen molar-refractivity contribution in [2.24, 2.45) is 0 Å². The number of para-hydroxylation sites is 1. The molecule has 0 aliphatic heterocycles. The highest BCUT2D eigenvalue weighted by molar-refractivity contribution is 9.10. The first kappa shape index (κ1) is 23.0. The summed E-state index contributed by atoms with van der Waals surface area (Å²) in [5, 5.41) is 2.52. The van der Waals surface area contributed by atoms with Gasteiger partial charge in [-0.25, -0.2) is 0 Å². The lowest BCUT2D eigenvalue weighted by Gasteiger charge is -2.15. The number of allylic oxidation sites excluding steroid dienone is 4. The van der Waals surface area contributed by atoms with Crippen LogP contribution in [0.5, 0.6) is 0 Å². The van der Waals surface area contributed by atoms with Crippen molar-refractivity contribution in [3.63, 3.8) is 0 Å². The van der Waals surface area contributed by atoms with E-state index in [0.717, 1.165) is 17.3 Å². The summed E-state index contributed by atoms with van der Waals surface area (Å²) in [5.74, 6) is 0. The highest BCUT2D eigenvalue weighted by Gasteiger charge is 2.14. The molecule has 0 bridgehead atoms. The van der Waals surface area contributed by atoms with Crippen LogP contribution in [0, 0.1) is 0 Å². The smallest absolute Gasteiger partial charge is 0.0541 e. The van der Waals surface area contributed by atoms with E-state index in [-0.39, 0.29) is 0 Å². The van der Waals surface area contributed by atoms with Crippen molar-refractivity contribution in [3.8, 4) is 27.9 Å². The van der Waals surface area contributed by atoms with Gasteiger partial charge in [-0.05, 0) is 101 Å². The first-order valence-electron chi connectivity index (χ1n) is 13.1. The summed E-state index contributed by atoms with van der Waals surface area (Å²) >= 11 is 3.67. The number of rotatable bonds is 4. The van der Waals surface area contributed by atoms with E-state index in [0.29, 0.717) is 0 Å². The van der Waals surface area contributed by atoms with Gasteiger partial charge in [0.05, 0.1) is 11.0 Å². The van der Waals surface area contributed by atoms with Crippen LogP contribution in [0.1, 0.15) is 18.4 Å². The van der Waals surface area contributed by atoms with E-state index in [2.05, 4.69) is 154 Å². The van der Waals surface area contributed by atoms with Crippen LogP contribution in [0.25, 0.3) is 55.3 Å². The SMILES string of the molecule is Brc1ccc2c(c1)c1ccccc1n2-c1cccc(-c2cc(C3=CCCC=C3)cc(-c3ccccc3)c2)c1. The number of hydrogen-bond donors (Lipinski definition) is 0. The molecule has 0 unspecified atom stereocenters.